The van der Waals surface area contributed by atoms with Gasteiger partial charge in [-0.05, 0) is 30.7 Å². The fourth-order valence-electron chi connectivity index (χ4n) is 3.26. The van der Waals surface area contributed by atoms with Crippen molar-refractivity contribution >= 4 is 23.2 Å². The van der Waals surface area contributed by atoms with E-state index in [2.05, 4.69) is 6.07 Å². The molecule has 0 aromatic carbocycles. The molecule has 2 saturated heterocycles. The molecule has 0 aliphatic carbocycles. The Morgan fingerprint density at radius 2 is 1.87 bits per heavy atom. The standard InChI is InChI=1S/C17H24N2O3S/c20-16(4-3-15-2-1-13-23-15)18-7-5-14(6-8-18)17(21)19-9-11-22-12-10-19/h1-2,13-14H,3-12H2. The molecule has 0 bridgehead atoms. The molecule has 0 radical (unpaired) electrons. The van der Waals surface area contributed by atoms with Gasteiger partial charge in [0.1, 0.15) is 0 Å². The number of carbonyl (C=O) groups excluding carboxylic acids is 2. The number of hydrogen-bond donors (Lipinski definition) is 0. The van der Waals surface area contributed by atoms with Crippen LogP contribution in [0.2, 0.25) is 0 Å². The molecule has 23 heavy (non-hydrogen) atoms. The number of ether oxygens (including phenoxy) is 1. The van der Waals surface area contributed by atoms with Gasteiger partial charge in [0, 0.05) is 43.4 Å². The monoisotopic (exact) mass is 336 g/mol. The molecule has 3 rings (SSSR count). The first-order chi connectivity index (χ1) is 11.2. The highest BCUT2D eigenvalue weighted by atomic mass is 32.1. The number of carbonyl (C=O) groups is 2. The van der Waals surface area contributed by atoms with Gasteiger partial charge in [0.15, 0.2) is 0 Å². The Morgan fingerprint density at radius 1 is 1.13 bits per heavy atom. The van der Waals surface area contributed by atoms with Crippen molar-refractivity contribution in [2.75, 3.05) is 39.4 Å². The van der Waals surface area contributed by atoms with Gasteiger partial charge in [-0.3, -0.25) is 9.59 Å². The quantitative estimate of drug-likeness (QED) is 0.842. The van der Waals surface area contributed by atoms with Crippen molar-refractivity contribution in [2.24, 2.45) is 5.92 Å². The van der Waals surface area contributed by atoms with Crippen molar-refractivity contribution < 1.29 is 14.3 Å². The Bertz CT molecular complexity index is 518. The van der Waals surface area contributed by atoms with Crippen molar-refractivity contribution in [1.29, 1.82) is 0 Å². The Labute approximate surface area is 141 Å². The summed E-state index contributed by atoms with van der Waals surface area (Å²) in [6.07, 6.45) is 2.98. The minimum Gasteiger partial charge on any atom is -0.378 e. The largest absolute Gasteiger partial charge is 0.378 e. The van der Waals surface area contributed by atoms with E-state index in [0.29, 0.717) is 45.8 Å². The fourth-order valence-corrected chi connectivity index (χ4v) is 3.97. The lowest BCUT2D eigenvalue weighted by Gasteiger charge is -2.35. The molecule has 1 aromatic rings. The van der Waals surface area contributed by atoms with E-state index in [0.717, 1.165) is 19.3 Å². The lowest BCUT2D eigenvalue weighted by atomic mass is 9.94. The Morgan fingerprint density at radius 3 is 2.52 bits per heavy atom. The molecule has 0 saturated carbocycles. The summed E-state index contributed by atoms with van der Waals surface area (Å²) >= 11 is 1.70. The van der Waals surface area contributed by atoms with Gasteiger partial charge in [-0.2, -0.15) is 0 Å². The number of likely N-dealkylation sites (tertiary alicyclic amines) is 1. The van der Waals surface area contributed by atoms with Crippen molar-refractivity contribution in [2.45, 2.75) is 25.7 Å². The SMILES string of the molecule is O=C(CCc1cccs1)N1CCC(C(=O)N2CCOCC2)CC1. The highest BCUT2D eigenvalue weighted by molar-refractivity contribution is 7.09. The highest BCUT2D eigenvalue weighted by Crippen LogP contribution is 2.21. The number of morpholine rings is 1. The van der Waals surface area contributed by atoms with Crippen molar-refractivity contribution in [1.82, 2.24) is 9.80 Å². The van der Waals surface area contributed by atoms with Crippen LogP contribution in [0.4, 0.5) is 0 Å². The van der Waals surface area contributed by atoms with Gasteiger partial charge in [0.25, 0.3) is 0 Å². The maximum absolute atomic E-state index is 12.5. The third-order valence-electron chi connectivity index (χ3n) is 4.69. The van der Waals surface area contributed by atoms with Crippen LogP contribution in [0.15, 0.2) is 17.5 Å². The fraction of sp³-hybridized carbons (Fsp3) is 0.647. The second kappa shape index (κ2) is 7.93. The summed E-state index contributed by atoms with van der Waals surface area (Å²) in [5.41, 5.74) is 0. The van der Waals surface area contributed by atoms with Crippen LogP contribution >= 0.6 is 11.3 Å². The lowest BCUT2D eigenvalue weighted by Crippen LogP contribution is -2.47. The van der Waals surface area contributed by atoms with E-state index in [1.54, 1.807) is 11.3 Å². The molecule has 6 heteroatoms. The third-order valence-corrected chi connectivity index (χ3v) is 5.62. The lowest BCUT2D eigenvalue weighted by molar-refractivity contribution is -0.143. The molecule has 0 unspecified atom stereocenters. The van der Waals surface area contributed by atoms with E-state index in [4.69, 9.17) is 4.74 Å². The number of aryl methyl sites for hydroxylation is 1. The van der Waals surface area contributed by atoms with Crippen molar-refractivity contribution in [3.8, 4) is 0 Å². The van der Waals surface area contributed by atoms with Crippen LogP contribution in [0.25, 0.3) is 0 Å². The van der Waals surface area contributed by atoms with Gasteiger partial charge in [-0.25, -0.2) is 0 Å². The van der Waals surface area contributed by atoms with E-state index in [1.165, 1.54) is 4.88 Å². The molecule has 0 atom stereocenters. The summed E-state index contributed by atoms with van der Waals surface area (Å²) in [6, 6.07) is 4.10. The van der Waals surface area contributed by atoms with Crippen LogP contribution in [-0.2, 0) is 20.7 Å². The first-order valence-corrected chi connectivity index (χ1v) is 9.28. The molecule has 2 fully saturated rings. The Balaban J connectivity index is 1.42. The van der Waals surface area contributed by atoms with Crippen molar-refractivity contribution in [3.63, 3.8) is 0 Å². The number of thiophene rings is 1. The van der Waals surface area contributed by atoms with E-state index in [1.807, 2.05) is 21.2 Å². The van der Waals surface area contributed by atoms with E-state index >= 15 is 0 Å². The zero-order chi connectivity index (χ0) is 16.1. The highest BCUT2D eigenvalue weighted by Gasteiger charge is 2.30. The second-order valence-electron chi connectivity index (χ2n) is 6.17. The Kier molecular flexibility index (Phi) is 5.67. The number of amides is 2. The number of hydrogen-bond acceptors (Lipinski definition) is 4. The van der Waals surface area contributed by atoms with Crippen molar-refractivity contribution in [3.05, 3.63) is 22.4 Å². The maximum Gasteiger partial charge on any atom is 0.225 e. The predicted molar refractivity (Wildman–Crippen MR) is 89.3 cm³/mol. The van der Waals surface area contributed by atoms with E-state index < -0.39 is 0 Å². The molecule has 0 spiro atoms. The van der Waals surface area contributed by atoms with Crippen LogP contribution in [0, 0.1) is 5.92 Å². The number of rotatable bonds is 4. The van der Waals surface area contributed by atoms with Crippen LogP contribution < -0.4 is 0 Å². The zero-order valence-electron chi connectivity index (χ0n) is 13.4. The molecule has 2 aliphatic heterocycles. The summed E-state index contributed by atoms with van der Waals surface area (Å²) in [5.74, 6) is 0.545. The summed E-state index contributed by atoms with van der Waals surface area (Å²) in [6.45, 7) is 4.13. The molecule has 0 N–H and O–H groups in total. The van der Waals surface area contributed by atoms with Crippen LogP contribution in [0.1, 0.15) is 24.1 Å². The van der Waals surface area contributed by atoms with Crippen LogP contribution in [0.5, 0.6) is 0 Å². The minimum atomic E-state index is 0.0782. The molecule has 5 nitrogen and oxygen atoms in total. The van der Waals surface area contributed by atoms with Gasteiger partial charge in [-0.15, -0.1) is 11.3 Å². The van der Waals surface area contributed by atoms with Crippen LogP contribution in [0.3, 0.4) is 0 Å². The summed E-state index contributed by atoms with van der Waals surface area (Å²) in [5, 5.41) is 2.04. The molecule has 126 valence electrons. The number of nitrogens with zero attached hydrogens (tertiary/aromatic N) is 2. The number of piperidine rings is 1. The normalized spacial score (nSPS) is 19.8. The maximum atomic E-state index is 12.5. The van der Waals surface area contributed by atoms with E-state index in [9.17, 15) is 9.59 Å². The first-order valence-electron chi connectivity index (χ1n) is 8.41. The molecule has 3 heterocycles. The average molecular weight is 336 g/mol. The molecular weight excluding hydrogens is 312 g/mol. The molecular formula is C17H24N2O3S. The topological polar surface area (TPSA) is 49.9 Å². The van der Waals surface area contributed by atoms with Gasteiger partial charge in [0.05, 0.1) is 13.2 Å². The molecule has 1 aromatic heterocycles. The smallest absolute Gasteiger partial charge is 0.225 e. The second-order valence-corrected chi connectivity index (χ2v) is 7.20. The van der Waals surface area contributed by atoms with Gasteiger partial charge >= 0.3 is 0 Å². The van der Waals surface area contributed by atoms with Crippen LogP contribution in [-0.4, -0.2) is 61.0 Å². The summed E-state index contributed by atoms with van der Waals surface area (Å²) in [7, 11) is 0. The van der Waals surface area contributed by atoms with Gasteiger partial charge in [-0.1, -0.05) is 6.07 Å². The summed E-state index contributed by atoms with van der Waals surface area (Å²) in [4.78, 5) is 29.9. The van der Waals surface area contributed by atoms with Gasteiger partial charge < -0.3 is 14.5 Å². The third kappa shape index (κ3) is 4.32. The predicted octanol–water partition coefficient (Wildman–Crippen LogP) is 1.78. The average Bonchev–Trinajstić information content (AvgIpc) is 3.13. The zero-order valence-corrected chi connectivity index (χ0v) is 14.2. The Hall–Kier alpha value is -1.40. The summed E-state index contributed by atoms with van der Waals surface area (Å²) < 4.78 is 5.30. The van der Waals surface area contributed by atoms with E-state index in [-0.39, 0.29) is 17.7 Å². The first kappa shape index (κ1) is 16.5. The molecule has 2 amide bonds. The molecule has 2 aliphatic rings. The van der Waals surface area contributed by atoms with Gasteiger partial charge in [0.2, 0.25) is 11.8 Å². The minimum absolute atomic E-state index is 0.0782.